The third-order valence-electron chi connectivity index (χ3n) is 2.12. The Bertz CT molecular complexity index is 332. The van der Waals surface area contributed by atoms with E-state index in [-0.39, 0.29) is 18.4 Å². The maximum absolute atomic E-state index is 11.9. The maximum Gasteiger partial charge on any atom is 0.272 e. The molecule has 0 aromatic heterocycles. The van der Waals surface area contributed by atoms with Crippen LogP contribution in [-0.4, -0.2) is 13.0 Å². The minimum atomic E-state index is -2.45. The van der Waals surface area contributed by atoms with Crippen LogP contribution in [0.1, 0.15) is 24.1 Å². The van der Waals surface area contributed by atoms with Gasteiger partial charge in [0.1, 0.15) is 12.4 Å². The summed E-state index contributed by atoms with van der Waals surface area (Å²) < 4.78 is 28.7. The average Bonchev–Trinajstić information content (AvgIpc) is 2.16. The molecule has 0 radical (unpaired) electrons. The average molecular weight is 252 g/mol. The zero-order chi connectivity index (χ0) is 11.4. The van der Waals surface area contributed by atoms with Crippen molar-refractivity contribution in [2.24, 2.45) is 5.73 Å². The Morgan fingerprint density at radius 3 is 2.50 bits per heavy atom. The van der Waals surface area contributed by atoms with E-state index in [0.29, 0.717) is 5.75 Å². The Hall–Kier alpha value is -0.870. The van der Waals surface area contributed by atoms with Crippen molar-refractivity contribution >= 4 is 12.4 Å². The molecule has 0 amide bonds. The van der Waals surface area contributed by atoms with Gasteiger partial charge in [-0.3, -0.25) is 0 Å². The topological polar surface area (TPSA) is 35.2 Å². The van der Waals surface area contributed by atoms with Crippen molar-refractivity contribution in [2.45, 2.75) is 26.3 Å². The van der Waals surface area contributed by atoms with Crippen molar-refractivity contribution in [3.63, 3.8) is 0 Å². The van der Waals surface area contributed by atoms with Gasteiger partial charge in [-0.15, -0.1) is 12.4 Å². The second-order valence-corrected chi connectivity index (χ2v) is 3.51. The molecule has 0 bridgehead atoms. The second kappa shape index (κ2) is 6.66. The van der Waals surface area contributed by atoms with Crippen molar-refractivity contribution < 1.29 is 13.5 Å². The zero-order valence-electron chi connectivity index (χ0n) is 9.24. The fourth-order valence-corrected chi connectivity index (χ4v) is 1.36. The van der Waals surface area contributed by atoms with Gasteiger partial charge in [0.25, 0.3) is 6.43 Å². The van der Waals surface area contributed by atoms with Gasteiger partial charge < -0.3 is 10.5 Å². The van der Waals surface area contributed by atoms with Gasteiger partial charge in [0.2, 0.25) is 0 Å². The highest BCUT2D eigenvalue weighted by Crippen LogP contribution is 2.22. The van der Waals surface area contributed by atoms with Gasteiger partial charge in [0.15, 0.2) is 0 Å². The molecule has 1 unspecified atom stereocenters. The number of nitrogens with two attached hydrogens (primary N) is 1. The van der Waals surface area contributed by atoms with Crippen LogP contribution in [0.2, 0.25) is 0 Å². The minimum Gasteiger partial charge on any atom is -0.488 e. The van der Waals surface area contributed by atoms with E-state index < -0.39 is 13.0 Å². The van der Waals surface area contributed by atoms with Gasteiger partial charge in [-0.2, -0.15) is 0 Å². The molecule has 0 saturated carbocycles. The third-order valence-corrected chi connectivity index (χ3v) is 2.12. The molecule has 16 heavy (non-hydrogen) atoms. The monoisotopic (exact) mass is 251 g/mol. The van der Waals surface area contributed by atoms with Crippen molar-refractivity contribution in [3.8, 4) is 5.75 Å². The SMILES string of the molecule is Cc1ccc(OCC(F)F)cc1C(C)N.Cl. The standard InChI is InChI=1S/C11H15F2NO.ClH/c1-7-3-4-9(15-6-11(12)13)5-10(7)8(2)14;/h3-5,8,11H,6,14H2,1-2H3;1H. The first kappa shape index (κ1) is 15.1. The Kier molecular flexibility index (Phi) is 6.29. The Balaban J connectivity index is 0.00000225. The lowest BCUT2D eigenvalue weighted by Gasteiger charge is -2.12. The fraction of sp³-hybridized carbons (Fsp3) is 0.455. The highest BCUT2D eigenvalue weighted by atomic mass is 35.5. The largest absolute Gasteiger partial charge is 0.488 e. The zero-order valence-corrected chi connectivity index (χ0v) is 10.1. The summed E-state index contributed by atoms with van der Waals surface area (Å²) >= 11 is 0. The quantitative estimate of drug-likeness (QED) is 0.893. The predicted octanol–water partition coefficient (Wildman–Crippen LogP) is 3.08. The number of alkyl halides is 2. The summed E-state index contributed by atoms with van der Waals surface area (Å²) in [7, 11) is 0. The highest BCUT2D eigenvalue weighted by molar-refractivity contribution is 5.85. The van der Waals surface area contributed by atoms with Gasteiger partial charge >= 0.3 is 0 Å². The molecular formula is C11H16ClF2NO. The molecule has 1 aromatic rings. The van der Waals surface area contributed by atoms with Crippen LogP contribution in [0.3, 0.4) is 0 Å². The lowest BCUT2D eigenvalue weighted by atomic mass is 10.0. The van der Waals surface area contributed by atoms with Gasteiger partial charge in [0, 0.05) is 6.04 Å². The number of aryl methyl sites for hydroxylation is 1. The van der Waals surface area contributed by atoms with Crippen molar-refractivity contribution in [1.29, 1.82) is 0 Å². The fourth-order valence-electron chi connectivity index (χ4n) is 1.36. The number of benzene rings is 1. The van der Waals surface area contributed by atoms with E-state index in [1.165, 1.54) is 0 Å². The normalized spacial score (nSPS) is 12.1. The van der Waals surface area contributed by atoms with E-state index in [1.807, 2.05) is 19.9 Å². The molecule has 2 nitrogen and oxygen atoms in total. The molecule has 5 heteroatoms. The van der Waals surface area contributed by atoms with Crippen LogP contribution in [-0.2, 0) is 0 Å². The number of rotatable bonds is 4. The smallest absolute Gasteiger partial charge is 0.272 e. The van der Waals surface area contributed by atoms with Crippen molar-refractivity contribution in [2.75, 3.05) is 6.61 Å². The lowest BCUT2D eigenvalue weighted by Crippen LogP contribution is -2.10. The highest BCUT2D eigenvalue weighted by Gasteiger charge is 2.07. The Morgan fingerprint density at radius 2 is 2.00 bits per heavy atom. The predicted molar refractivity (Wildman–Crippen MR) is 62.5 cm³/mol. The van der Waals surface area contributed by atoms with E-state index in [0.717, 1.165) is 11.1 Å². The van der Waals surface area contributed by atoms with E-state index >= 15 is 0 Å². The van der Waals surface area contributed by atoms with Crippen LogP contribution in [0.5, 0.6) is 5.75 Å². The van der Waals surface area contributed by atoms with E-state index in [2.05, 4.69) is 0 Å². The Morgan fingerprint density at radius 1 is 1.38 bits per heavy atom. The molecule has 0 aliphatic heterocycles. The summed E-state index contributed by atoms with van der Waals surface area (Å²) in [6, 6.07) is 5.07. The molecule has 0 spiro atoms. The molecule has 0 aliphatic carbocycles. The summed E-state index contributed by atoms with van der Waals surface area (Å²) in [6.45, 7) is 3.19. The third kappa shape index (κ3) is 4.33. The number of ether oxygens (including phenoxy) is 1. The van der Waals surface area contributed by atoms with E-state index in [9.17, 15) is 8.78 Å². The number of hydrogen-bond donors (Lipinski definition) is 1. The number of hydrogen-bond acceptors (Lipinski definition) is 2. The van der Waals surface area contributed by atoms with Crippen LogP contribution >= 0.6 is 12.4 Å². The lowest BCUT2D eigenvalue weighted by molar-refractivity contribution is 0.0818. The molecule has 1 rings (SSSR count). The summed E-state index contributed by atoms with van der Waals surface area (Å²) in [4.78, 5) is 0. The van der Waals surface area contributed by atoms with Crippen molar-refractivity contribution in [1.82, 2.24) is 0 Å². The molecule has 0 heterocycles. The van der Waals surface area contributed by atoms with Gasteiger partial charge in [0.05, 0.1) is 0 Å². The molecule has 0 saturated heterocycles. The van der Waals surface area contributed by atoms with E-state index in [1.54, 1.807) is 12.1 Å². The summed E-state index contributed by atoms with van der Waals surface area (Å²) in [5.74, 6) is 0.438. The first-order valence-corrected chi connectivity index (χ1v) is 4.77. The molecule has 92 valence electrons. The molecular weight excluding hydrogens is 236 g/mol. The van der Waals surface area contributed by atoms with Gasteiger partial charge in [-0.1, -0.05) is 6.07 Å². The van der Waals surface area contributed by atoms with Crippen LogP contribution in [0.25, 0.3) is 0 Å². The molecule has 1 aromatic carbocycles. The van der Waals surface area contributed by atoms with Crippen LogP contribution in [0.4, 0.5) is 8.78 Å². The summed E-state index contributed by atoms with van der Waals surface area (Å²) in [5.41, 5.74) is 7.69. The molecule has 0 fully saturated rings. The summed E-state index contributed by atoms with van der Waals surface area (Å²) in [6.07, 6.45) is -2.45. The molecule has 2 N–H and O–H groups in total. The van der Waals surface area contributed by atoms with Gasteiger partial charge in [-0.25, -0.2) is 8.78 Å². The molecule has 0 aliphatic rings. The van der Waals surface area contributed by atoms with Crippen LogP contribution < -0.4 is 10.5 Å². The summed E-state index contributed by atoms with van der Waals surface area (Å²) in [5, 5.41) is 0. The first-order chi connectivity index (χ1) is 7.00. The van der Waals surface area contributed by atoms with E-state index in [4.69, 9.17) is 10.5 Å². The first-order valence-electron chi connectivity index (χ1n) is 4.77. The van der Waals surface area contributed by atoms with Crippen LogP contribution in [0, 0.1) is 6.92 Å². The second-order valence-electron chi connectivity index (χ2n) is 3.51. The maximum atomic E-state index is 11.9. The van der Waals surface area contributed by atoms with Crippen molar-refractivity contribution in [3.05, 3.63) is 29.3 Å². The molecule has 1 atom stereocenters. The van der Waals surface area contributed by atoms with Crippen LogP contribution in [0.15, 0.2) is 18.2 Å². The Labute approximate surface area is 100 Å². The van der Waals surface area contributed by atoms with Gasteiger partial charge in [-0.05, 0) is 37.1 Å². The minimum absolute atomic E-state index is 0. The number of halogens is 3.